The molecular weight excluding hydrogens is 1630 g/mol. The lowest BCUT2D eigenvalue weighted by Gasteiger charge is -2.22. The monoisotopic (exact) mass is 1710 g/mol. The first-order valence-corrected chi connectivity index (χ1v) is 46.6. The van der Waals surface area contributed by atoms with Crippen LogP contribution in [0.1, 0.15) is 0 Å². The first kappa shape index (κ1) is 75.1. The molecule has 29 rings (SSSR count). The summed E-state index contributed by atoms with van der Waals surface area (Å²) in [5.74, 6) is 0. The zero-order valence-corrected chi connectivity index (χ0v) is 73.1. The first-order chi connectivity index (χ1) is 66.9. The minimum absolute atomic E-state index is 0.862. The number of fused-ring (bicyclic) bond motifs is 21. The number of hydrogen-bond donors (Lipinski definition) is 0. The Hall–Kier alpha value is -17.8. The van der Waals surface area contributed by atoms with E-state index in [-0.39, 0.29) is 0 Å². The molecule has 3 heteroatoms. The van der Waals surface area contributed by atoms with Crippen LogP contribution in [0.3, 0.4) is 0 Å². The molecule has 0 atom stereocenters. The molecule has 0 radical (unpaired) electrons. The molecule has 3 aromatic heterocycles. The van der Waals surface area contributed by atoms with E-state index in [2.05, 4.69) is 461 Å². The maximum atomic E-state index is 6.92. The van der Waals surface area contributed by atoms with Gasteiger partial charge in [-0.25, -0.2) is 0 Å². The van der Waals surface area contributed by atoms with Crippen LogP contribution >= 0.6 is 0 Å². The molecule has 135 heavy (non-hydrogen) atoms. The molecule has 26 aromatic carbocycles. The van der Waals surface area contributed by atoms with E-state index in [1.807, 2.05) is 0 Å². The Morgan fingerprint density at radius 3 is 0.785 bits per heavy atom. The molecule has 3 nitrogen and oxygen atoms in total. The van der Waals surface area contributed by atoms with Crippen LogP contribution < -0.4 is 0 Å². The molecule has 29 aromatic rings. The quantitative estimate of drug-likeness (QED) is 0.128. The lowest BCUT2D eigenvalue weighted by Crippen LogP contribution is -1.95. The van der Waals surface area contributed by atoms with Crippen molar-refractivity contribution >= 4 is 195 Å². The minimum atomic E-state index is 0.862. The summed E-state index contributed by atoms with van der Waals surface area (Å²) in [5.41, 5.74) is 28.1. The van der Waals surface area contributed by atoms with Crippen molar-refractivity contribution in [2.45, 2.75) is 0 Å². The predicted molar refractivity (Wildman–Crippen MR) is 573 cm³/mol. The van der Waals surface area contributed by atoms with E-state index in [4.69, 9.17) is 13.3 Å². The Balaban J connectivity index is 0.670. The smallest absolute Gasteiger partial charge is 0.136 e. The third-order valence-corrected chi connectivity index (χ3v) is 29.3. The highest BCUT2D eigenvalue weighted by molar-refractivity contribution is 6.30. The molecule has 3 heterocycles. The molecule has 0 N–H and O–H groups in total. The van der Waals surface area contributed by atoms with Gasteiger partial charge in [0.25, 0.3) is 0 Å². The number of furan rings is 3. The van der Waals surface area contributed by atoms with Gasteiger partial charge in [0, 0.05) is 32.3 Å². The van der Waals surface area contributed by atoms with E-state index < -0.39 is 0 Å². The fourth-order valence-corrected chi connectivity index (χ4v) is 23.1. The van der Waals surface area contributed by atoms with Gasteiger partial charge in [-0.2, -0.15) is 0 Å². The fourth-order valence-electron chi connectivity index (χ4n) is 23.1. The lowest BCUT2D eigenvalue weighted by molar-refractivity contribution is 0.669. The van der Waals surface area contributed by atoms with Crippen molar-refractivity contribution in [2.75, 3.05) is 0 Å². The minimum Gasteiger partial charge on any atom is -0.456 e. The van der Waals surface area contributed by atoms with Gasteiger partial charge in [0.15, 0.2) is 0 Å². The van der Waals surface area contributed by atoms with Crippen LogP contribution in [0.15, 0.2) is 474 Å². The van der Waals surface area contributed by atoms with Crippen LogP contribution in [0, 0.1) is 0 Å². The third-order valence-electron chi connectivity index (χ3n) is 29.3. The third kappa shape index (κ3) is 11.7. The average Bonchev–Trinajstić information content (AvgIpc) is 1.70. The SMILES string of the molecule is c1ccc(-c2c3ccccc3c(-c3ccc(-c4ccc5c(c4)oc4cc6ccccc6cc45)c4ccccc34)c3cc(-c4ccc5c(-c6cccc7ccccc67)c6ccc(-c7ccc8c(-c9ccc%10c(c9)oc9cc%11ccccc%11cc9%10)c9ccccc9c(-c9cccc%10ccccc9%10)c8c7)cc6c(-c6ccc(-c7ccc8c(c7)oc7cc9ccccc9cc78)cc6)c5c4)ccc23)cc1. The molecule has 0 saturated carbocycles. The Morgan fingerprint density at radius 2 is 0.341 bits per heavy atom. The first-order valence-electron chi connectivity index (χ1n) is 46.6. The summed E-state index contributed by atoms with van der Waals surface area (Å²) in [6, 6.07) is 172. The molecule has 0 amide bonds. The molecule has 0 aliphatic rings. The van der Waals surface area contributed by atoms with Gasteiger partial charge >= 0.3 is 0 Å². The molecule has 0 aliphatic carbocycles. The lowest BCUT2D eigenvalue weighted by atomic mass is 9.81. The zero-order chi connectivity index (χ0) is 88.2. The molecule has 0 fully saturated rings. The summed E-state index contributed by atoms with van der Waals surface area (Å²) >= 11 is 0. The van der Waals surface area contributed by atoms with Gasteiger partial charge in [0.2, 0.25) is 0 Å². The van der Waals surface area contributed by atoms with Gasteiger partial charge in [0.1, 0.15) is 33.5 Å². The largest absolute Gasteiger partial charge is 0.456 e. The Bertz CT molecular complexity index is 10200. The topological polar surface area (TPSA) is 39.4 Å². The van der Waals surface area contributed by atoms with Crippen molar-refractivity contribution in [3.8, 4) is 111 Å². The van der Waals surface area contributed by atoms with E-state index in [1.165, 1.54) is 131 Å². The highest BCUT2D eigenvalue weighted by Crippen LogP contribution is 2.54. The summed E-state index contributed by atoms with van der Waals surface area (Å²) in [5, 5.41) is 34.9. The van der Waals surface area contributed by atoms with E-state index >= 15 is 0 Å². The molecule has 0 aliphatic heterocycles. The number of benzene rings is 26. The normalized spacial score (nSPS) is 12.1. The summed E-state index contributed by atoms with van der Waals surface area (Å²) < 4.78 is 20.5. The Morgan fingerprint density at radius 1 is 0.0963 bits per heavy atom. The summed E-state index contributed by atoms with van der Waals surface area (Å²) in [6.07, 6.45) is 0. The van der Waals surface area contributed by atoms with Crippen molar-refractivity contribution in [2.24, 2.45) is 0 Å². The second-order valence-electron chi connectivity index (χ2n) is 36.6. The summed E-state index contributed by atoms with van der Waals surface area (Å²) in [7, 11) is 0. The van der Waals surface area contributed by atoms with Gasteiger partial charge in [-0.15, -0.1) is 0 Å². The predicted octanol–water partition coefficient (Wildman–Crippen LogP) is 37.9. The molecule has 0 unspecified atom stereocenters. The number of hydrogen-bond acceptors (Lipinski definition) is 3. The Labute approximate surface area is 775 Å². The van der Waals surface area contributed by atoms with Crippen molar-refractivity contribution in [1.82, 2.24) is 0 Å². The van der Waals surface area contributed by atoms with Crippen molar-refractivity contribution < 1.29 is 13.3 Å². The second kappa shape index (κ2) is 29.4. The van der Waals surface area contributed by atoms with E-state index in [0.29, 0.717) is 0 Å². The standard InChI is InChI=1S/C132H76O3/c1-2-24-80(25-3-1)127-105-38-16-18-40-107(105)132(109-63-62-97(98-36-14-15-37-99(98)109)93-53-56-101-115-65-83-27-5-8-30-86(83)72-125(115)134-122(101)75-93)119-69-90(49-58-110(119)127)88-51-60-112-117(67-88)128(81-46-44-77(45-47-81)92-48-55-100-114-64-82-26-4-7-29-85(82)71-124(114)133-121(100)74-92)118-68-89(52-61-113(118)130(112)103-42-20-32-78-22-10-12-34-95(78)103)91-50-59-111-120(70-91)131(104-43-21-33-79-23-11-13-35-96(79)104)108-41-19-17-39-106(108)129(111)94-54-57-102-116-66-84-28-6-9-31-87(84)73-126(116)135-123(102)76-94/h1-76H. The van der Waals surface area contributed by atoms with Crippen LogP contribution in [0.2, 0.25) is 0 Å². The van der Waals surface area contributed by atoms with E-state index in [0.717, 1.165) is 175 Å². The van der Waals surface area contributed by atoms with Gasteiger partial charge in [-0.3, -0.25) is 0 Å². The second-order valence-corrected chi connectivity index (χ2v) is 36.6. The summed E-state index contributed by atoms with van der Waals surface area (Å²) in [6.45, 7) is 0. The van der Waals surface area contributed by atoms with E-state index in [9.17, 15) is 0 Å². The van der Waals surface area contributed by atoms with E-state index in [1.54, 1.807) is 0 Å². The molecule has 0 bridgehead atoms. The van der Waals surface area contributed by atoms with Crippen LogP contribution in [-0.2, 0) is 0 Å². The molecule has 0 spiro atoms. The van der Waals surface area contributed by atoms with Gasteiger partial charge in [0.05, 0.1) is 0 Å². The maximum absolute atomic E-state index is 6.92. The average molecular weight is 1710 g/mol. The molecule has 0 saturated heterocycles. The highest BCUT2D eigenvalue weighted by Gasteiger charge is 2.27. The van der Waals surface area contributed by atoms with Crippen LogP contribution in [0.25, 0.3) is 306 Å². The molecular formula is C132H76O3. The van der Waals surface area contributed by atoms with Gasteiger partial charge < -0.3 is 13.3 Å². The van der Waals surface area contributed by atoms with Crippen LogP contribution in [0.4, 0.5) is 0 Å². The van der Waals surface area contributed by atoms with Gasteiger partial charge in [-0.1, -0.05) is 364 Å². The highest BCUT2D eigenvalue weighted by atomic mass is 16.3. The Kier molecular flexibility index (Phi) is 16.3. The zero-order valence-electron chi connectivity index (χ0n) is 73.1. The van der Waals surface area contributed by atoms with Crippen LogP contribution in [-0.4, -0.2) is 0 Å². The fraction of sp³-hybridized carbons (Fsp3) is 0. The maximum Gasteiger partial charge on any atom is 0.136 e. The van der Waals surface area contributed by atoms with Crippen molar-refractivity contribution in [3.63, 3.8) is 0 Å². The van der Waals surface area contributed by atoms with Gasteiger partial charge in [-0.05, 0) is 338 Å². The number of rotatable bonds is 10. The van der Waals surface area contributed by atoms with Crippen LogP contribution in [0.5, 0.6) is 0 Å². The van der Waals surface area contributed by atoms with Crippen molar-refractivity contribution in [3.05, 3.63) is 461 Å². The molecule has 622 valence electrons. The van der Waals surface area contributed by atoms with Crippen molar-refractivity contribution in [1.29, 1.82) is 0 Å². The summed E-state index contributed by atoms with van der Waals surface area (Å²) in [4.78, 5) is 0.